The highest BCUT2D eigenvalue weighted by Crippen LogP contribution is 2.20. The molecule has 28 heavy (non-hydrogen) atoms. The molecule has 8 heteroatoms. The highest BCUT2D eigenvalue weighted by atomic mass is 32.2. The van der Waals surface area contributed by atoms with Gasteiger partial charge >= 0.3 is 0 Å². The van der Waals surface area contributed by atoms with Crippen molar-refractivity contribution in [2.24, 2.45) is 0 Å². The van der Waals surface area contributed by atoms with Gasteiger partial charge in [0, 0.05) is 44.7 Å². The first kappa shape index (κ1) is 20.8. The number of sulfonamides is 1. The summed E-state index contributed by atoms with van der Waals surface area (Å²) in [4.78, 5) is 25.9. The van der Waals surface area contributed by atoms with Gasteiger partial charge in [0.2, 0.25) is 15.9 Å². The molecule has 2 fully saturated rings. The van der Waals surface area contributed by atoms with E-state index >= 15 is 0 Å². The highest BCUT2D eigenvalue weighted by Gasteiger charge is 2.25. The molecule has 3 rings (SSSR count). The van der Waals surface area contributed by atoms with E-state index in [0.29, 0.717) is 44.6 Å². The van der Waals surface area contributed by atoms with Crippen LogP contribution in [0.2, 0.25) is 0 Å². The summed E-state index contributed by atoms with van der Waals surface area (Å²) in [6.45, 7) is 3.07. The number of likely N-dealkylation sites (tertiary alicyclic amines) is 1. The van der Waals surface area contributed by atoms with Gasteiger partial charge in [0.15, 0.2) is 0 Å². The average Bonchev–Trinajstić information content (AvgIpc) is 2.93. The third kappa shape index (κ3) is 5.11. The van der Waals surface area contributed by atoms with Crippen molar-refractivity contribution in [2.45, 2.75) is 49.8 Å². The smallest absolute Gasteiger partial charge is 0.251 e. The van der Waals surface area contributed by atoms with E-state index < -0.39 is 10.0 Å². The van der Waals surface area contributed by atoms with Crippen LogP contribution in [0, 0.1) is 0 Å². The van der Waals surface area contributed by atoms with Crippen molar-refractivity contribution in [2.75, 3.05) is 32.7 Å². The van der Waals surface area contributed by atoms with E-state index in [1.54, 1.807) is 16.4 Å². The number of benzene rings is 1. The number of carbonyl (C=O) groups is 2. The zero-order chi connectivity index (χ0) is 20.0. The molecule has 0 saturated carbocycles. The molecule has 2 saturated heterocycles. The molecule has 0 aromatic heterocycles. The Morgan fingerprint density at radius 2 is 1.64 bits per heavy atom. The van der Waals surface area contributed by atoms with Crippen molar-refractivity contribution in [3.8, 4) is 0 Å². The second-order valence-corrected chi connectivity index (χ2v) is 9.37. The van der Waals surface area contributed by atoms with Gasteiger partial charge < -0.3 is 10.2 Å². The van der Waals surface area contributed by atoms with Crippen molar-refractivity contribution in [3.05, 3.63) is 29.8 Å². The van der Waals surface area contributed by atoms with E-state index in [1.807, 2.05) is 4.90 Å². The Morgan fingerprint density at radius 3 is 2.25 bits per heavy atom. The van der Waals surface area contributed by atoms with Crippen LogP contribution in [0.25, 0.3) is 0 Å². The van der Waals surface area contributed by atoms with Crippen LogP contribution in [-0.4, -0.2) is 62.2 Å². The summed E-state index contributed by atoms with van der Waals surface area (Å²) in [6, 6.07) is 6.14. The van der Waals surface area contributed by atoms with Crippen molar-refractivity contribution in [3.63, 3.8) is 0 Å². The van der Waals surface area contributed by atoms with Gasteiger partial charge in [0.25, 0.3) is 5.91 Å². The molecule has 0 unspecified atom stereocenters. The second kappa shape index (κ2) is 9.52. The zero-order valence-electron chi connectivity index (χ0n) is 16.2. The summed E-state index contributed by atoms with van der Waals surface area (Å²) in [6.07, 6.45) is 6.16. The normalized spacial score (nSPS) is 18.9. The van der Waals surface area contributed by atoms with E-state index in [4.69, 9.17) is 0 Å². The van der Waals surface area contributed by atoms with Gasteiger partial charge in [-0.05, 0) is 49.9 Å². The van der Waals surface area contributed by atoms with E-state index in [-0.39, 0.29) is 16.7 Å². The lowest BCUT2D eigenvalue weighted by atomic mass is 10.2. The summed E-state index contributed by atoms with van der Waals surface area (Å²) in [5, 5.41) is 2.83. The molecular formula is C20H29N3O4S. The number of hydrogen-bond donors (Lipinski definition) is 1. The van der Waals surface area contributed by atoms with Gasteiger partial charge in [-0.2, -0.15) is 4.31 Å². The van der Waals surface area contributed by atoms with E-state index in [2.05, 4.69) is 5.32 Å². The molecule has 0 radical (unpaired) electrons. The van der Waals surface area contributed by atoms with Crippen LogP contribution in [-0.2, 0) is 14.8 Å². The fraction of sp³-hybridized carbons (Fsp3) is 0.600. The van der Waals surface area contributed by atoms with Crippen LogP contribution in [0.15, 0.2) is 29.2 Å². The van der Waals surface area contributed by atoms with E-state index in [0.717, 1.165) is 38.6 Å². The maximum absolute atomic E-state index is 12.8. The molecule has 0 bridgehead atoms. The first-order chi connectivity index (χ1) is 13.5. The Morgan fingerprint density at radius 1 is 0.964 bits per heavy atom. The predicted octanol–water partition coefficient (Wildman–Crippen LogP) is 1.99. The van der Waals surface area contributed by atoms with Crippen LogP contribution >= 0.6 is 0 Å². The van der Waals surface area contributed by atoms with Crippen molar-refractivity contribution < 1.29 is 18.0 Å². The van der Waals surface area contributed by atoms with Crippen molar-refractivity contribution in [1.29, 1.82) is 0 Å². The van der Waals surface area contributed by atoms with Gasteiger partial charge in [0.1, 0.15) is 0 Å². The average molecular weight is 408 g/mol. The van der Waals surface area contributed by atoms with Crippen LogP contribution in [0.1, 0.15) is 55.3 Å². The standard InChI is InChI=1S/C20H29N3O4S/c24-19-7-5-13-22(19)14-6-12-21-20(25)17-8-10-18(11-9-17)28(26,27)23-15-3-1-2-4-16-23/h8-11H,1-7,12-16H2,(H,21,25). The summed E-state index contributed by atoms with van der Waals surface area (Å²) in [5.74, 6) is -0.0426. The highest BCUT2D eigenvalue weighted by molar-refractivity contribution is 7.89. The molecule has 2 aliphatic heterocycles. The molecule has 2 heterocycles. The third-order valence-corrected chi connectivity index (χ3v) is 7.29. The summed E-state index contributed by atoms with van der Waals surface area (Å²) < 4.78 is 27.1. The lowest BCUT2D eigenvalue weighted by Crippen LogP contribution is -2.32. The Kier molecular flexibility index (Phi) is 7.07. The van der Waals surface area contributed by atoms with Crippen molar-refractivity contribution in [1.82, 2.24) is 14.5 Å². The van der Waals surface area contributed by atoms with Gasteiger partial charge in [-0.15, -0.1) is 0 Å². The Labute approximate surface area is 167 Å². The minimum absolute atomic E-state index is 0.188. The Balaban J connectivity index is 1.51. The number of nitrogens with one attached hydrogen (secondary N) is 1. The molecule has 7 nitrogen and oxygen atoms in total. The quantitative estimate of drug-likeness (QED) is 0.701. The van der Waals surface area contributed by atoms with Crippen LogP contribution < -0.4 is 5.32 Å². The molecule has 0 atom stereocenters. The van der Waals surface area contributed by atoms with Crippen molar-refractivity contribution >= 4 is 21.8 Å². The summed E-state index contributed by atoms with van der Waals surface area (Å²) in [7, 11) is -3.50. The number of amides is 2. The fourth-order valence-electron chi connectivity index (χ4n) is 3.72. The minimum atomic E-state index is -3.50. The molecule has 2 amide bonds. The molecule has 154 valence electrons. The van der Waals surface area contributed by atoms with Crippen LogP contribution in [0.4, 0.5) is 0 Å². The lowest BCUT2D eigenvalue weighted by Gasteiger charge is -2.20. The zero-order valence-corrected chi connectivity index (χ0v) is 17.0. The predicted molar refractivity (Wildman–Crippen MR) is 106 cm³/mol. The van der Waals surface area contributed by atoms with Crippen LogP contribution in [0.5, 0.6) is 0 Å². The lowest BCUT2D eigenvalue weighted by molar-refractivity contribution is -0.127. The minimum Gasteiger partial charge on any atom is -0.352 e. The van der Waals surface area contributed by atoms with Gasteiger partial charge in [-0.25, -0.2) is 8.42 Å². The van der Waals surface area contributed by atoms with Crippen LogP contribution in [0.3, 0.4) is 0 Å². The molecule has 1 N–H and O–H groups in total. The number of carbonyl (C=O) groups excluding carboxylic acids is 2. The SMILES string of the molecule is O=C(NCCCN1CCCC1=O)c1ccc(S(=O)(=O)N2CCCCCC2)cc1. The maximum Gasteiger partial charge on any atom is 0.251 e. The Hall–Kier alpha value is -1.93. The first-order valence-corrected chi connectivity index (χ1v) is 11.6. The molecule has 1 aromatic carbocycles. The number of rotatable bonds is 7. The van der Waals surface area contributed by atoms with Gasteiger partial charge in [-0.3, -0.25) is 9.59 Å². The molecule has 2 aliphatic rings. The largest absolute Gasteiger partial charge is 0.352 e. The fourth-order valence-corrected chi connectivity index (χ4v) is 5.24. The summed E-state index contributed by atoms with van der Waals surface area (Å²) in [5.41, 5.74) is 0.437. The van der Waals surface area contributed by atoms with Gasteiger partial charge in [-0.1, -0.05) is 12.8 Å². The monoisotopic (exact) mass is 407 g/mol. The first-order valence-electron chi connectivity index (χ1n) is 10.1. The van der Waals surface area contributed by atoms with E-state index in [1.165, 1.54) is 12.1 Å². The molecule has 1 aromatic rings. The molecule has 0 spiro atoms. The molecule has 0 aliphatic carbocycles. The topological polar surface area (TPSA) is 86.8 Å². The van der Waals surface area contributed by atoms with E-state index in [9.17, 15) is 18.0 Å². The maximum atomic E-state index is 12.8. The number of hydrogen-bond acceptors (Lipinski definition) is 4. The third-order valence-electron chi connectivity index (χ3n) is 5.38. The van der Waals surface area contributed by atoms with Gasteiger partial charge in [0.05, 0.1) is 4.90 Å². The summed E-state index contributed by atoms with van der Waals surface area (Å²) >= 11 is 0. The number of nitrogens with zero attached hydrogens (tertiary/aromatic N) is 2. The second-order valence-electron chi connectivity index (χ2n) is 7.44. The molecular weight excluding hydrogens is 378 g/mol. The Bertz CT molecular complexity index is 784.